The Morgan fingerprint density at radius 2 is 2.19 bits per heavy atom. The van der Waals surface area contributed by atoms with Crippen molar-refractivity contribution >= 4 is 41.7 Å². The second kappa shape index (κ2) is 6.86. The van der Waals surface area contributed by atoms with Gasteiger partial charge in [-0.25, -0.2) is 4.98 Å². The standard InChI is InChI=1S/C8H8ClN3O3.ClH/c9-5-2-1-3-10-8(5)12-11-6(13)4-7(14)15;/h1-3H,4H2,(H,10,12)(H,11,13)(H,14,15);1H. The molecule has 3 N–H and O–H groups in total. The third kappa shape index (κ3) is 4.81. The van der Waals surface area contributed by atoms with Crippen LogP contribution in [-0.2, 0) is 9.59 Å². The molecule has 0 unspecified atom stereocenters. The number of halogens is 2. The summed E-state index contributed by atoms with van der Waals surface area (Å²) in [7, 11) is 0. The number of hydrazine groups is 1. The van der Waals surface area contributed by atoms with E-state index in [1.54, 1.807) is 12.1 Å². The third-order valence-electron chi connectivity index (χ3n) is 1.39. The number of hydrogen-bond donors (Lipinski definition) is 3. The van der Waals surface area contributed by atoms with Crippen LogP contribution in [0, 0.1) is 0 Å². The lowest BCUT2D eigenvalue weighted by Crippen LogP contribution is -2.31. The van der Waals surface area contributed by atoms with Gasteiger partial charge in [0.2, 0.25) is 5.91 Å². The molecule has 0 spiro atoms. The van der Waals surface area contributed by atoms with E-state index in [1.165, 1.54) is 6.20 Å². The molecule has 1 aromatic rings. The van der Waals surface area contributed by atoms with Gasteiger partial charge < -0.3 is 5.11 Å². The highest BCUT2D eigenvalue weighted by atomic mass is 35.5. The van der Waals surface area contributed by atoms with E-state index in [1.807, 2.05) is 0 Å². The number of nitrogens with one attached hydrogen (secondary N) is 2. The zero-order chi connectivity index (χ0) is 11.3. The van der Waals surface area contributed by atoms with Gasteiger partial charge in [0.25, 0.3) is 0 Å². The van der Waals surface area contributed by atoms with Crippen LogP contribution in [0.3, 0.4) is 0 Å². The van der Waals surface area contributed by atoms with Crippen molar-refractivity contribution < 1.29 is 14.7 Å². The summed E-state index contributed by atoms with van der Waals surface area (Å²) in [5, 5.41) is 8.63. The van der Waals surface area contributed by atoms with Crippen molar-refractivity contribution in [2.24, 2.45) is 0 Å². The molecule has 0 radical (unpaired) electrons. The summed E-state index contributed by atoms with van der Waals surface area (Å²) in [5.74, 6) is -1.62. The highest BCUT2D eigenvalue weighted by molar-refractivity contribution is 6.32. The van der Waals surface area contributed by atoms with Gasteiger partial charge in [-0.15, -0.1) is 12.4 Å². The third-order valence-corrected chi connectivity index (χ3v) is 1.70. The van der Waals surface area contributed by atoms with Crippen LogP contribution in [0.1, 0.15) is 6.42 Å². The summed E-state index contributed by atoms with van der Waals surface area (Å²) in [4.78, 5) is 24.9. The Balaban J connectivity index is 0.00000225. The summed E-state index contributed by atoms with van der Waals surface area (Å²) in [6, 6.07) is 3.22. The Labute approximate surface area is 102 Å². The number of carbonyl (C=O) groups is 2. The molecular formula is C8H9Cl2N3O3. The number of carbonyl (C=O) groups excluding carboxylic acids is 1. The molecule has 1 aromatic heterocycles. The number of rotatable bonds is 4. The van der Waals surface area contributed by atoms with E-state index < -0.39 is 18.3 Å². The van der Waals surface area contributed by atoms with E-state index in [9.17, 15) is 9.59 Å². The number of carboxylic acid groups (broad SMARTS) is 1. The molecule has 1 amide bonds. The molecule has 1 rings (SSSR count). The fourth-order valence-corrected chi connectivity index (χ4v) is 0.957. The van der Waals surface area contributed by atoms with Gasteiger partial charge in [0, 0.05) is 6.20 Å². The molecule has 0 aliphatic carbocycles. The SMILES string of the molecule is Cl.O=C(O)CC(=O)NNc1ncccc1Cl. The lowest BCUT2D eigenvalue weighted by Gasteiger charge is -2.07. The van der Waals surface area contributed by atoms with Gasteiger partial charge >= 0.3 is 5.97 Å². The van der Waals surface area contributed by atoms with Gasteiger partial charge in [-0.3, -0.25) is 20.4 Å². The number of aromatic nitrogens is 1. The minimum atomic E-state index is -1.21. The number of anilines is 1. The first-order valence-corrected chi connectivity index (χ1v) is 4.34. The van der Waals surface area contributed by atoms with Crippen molar-refractivity contribution in [2.45, 2.75) is 6.42 Å². The lowest BCUT2D eigenvalue weighted by atomic mass is 10.4. The van der Waals surface area contributed by atoms with E-state index in [0.717, 1.165) is 0 Å². The van der Waals surface area contributed by atoms with Gasteiger partial charge in [0.15, 0.2) is 5.82 Å². The number of amides is 1. The maximum Gasteiger partial charge on any atom is 0.312 e. The number of pyridine rings is 1. The van der Waals surface area contributed by atoms with Crippen molar-refractivity contribution in [3.05, 3.63) is 23.4 Å². The molecule has 0 fully saturated rings. The molecule has 0 bridgehead atoms. The second-order valence-corrected chi connectivity index (χ2v) is 2.98. The van der Waals surface area contributed by atoms with E-state index in [-0.39, 0.29) is 18.2 Å². The Bertz CT molecular complexity index is 387. The predicted octanol–water partition coefficient (Wildman–Crippen LogP) is 1.07. The molecule has 88 valence electrons. The zero-order valence-electron chi connectivity index (χ0n) is 7.94. The van der Waals surface area contributed by atoms with Crippen LogP contribution in [0.25, 0.3) is 0 Å². The summed E-state index contributed by atoms with van der Waals surface area (Å²) < 4.78 is 0. The molecule has 16 heavy (non-hydrogen) atoms. The van der Waals surface area contributed by atoms with Gasteiger partial charge in [-0.2, -0.15) is 0 Å². The van der Waals surface area contributed by atoms with Crippen LogP contribution >= 0.6 is 24.0 Å². The van der Waals surface area contributed by atoms with E-state index >= 15 is 0 Å². The molecule has 0 aromatic carbocycles. The zero-order valence-corrected chi connectivity index (χ0v) is 9.51. The van der Waals surface area contributed by atoms with Gasteiger partial charge in [0.05, 0.1) is 5.02 Å². The summed E-state index contributed by atoms with van der Waals surface area (Å²) in [5.41, 5.74) is 4.57. The first-order valence-electron chi connectivity index (χ1n) is 3.97. The number of nitrogens with zero attached hydrogens (tertiary/aromatic N) is 1. The first kappa shape index (κ1) is 14.5. The van der Waals surface area contributed by atoms with Crippen molar-refractivity contribution in [3.8, 4) is 0 Å². The molecule has 8 heteroatoms. The van der Waals surface area contributed by atoms with Crippen molar-refractivity contribution in [2.75, 3.05) is 5.43 Å². The van der Waals surface area contributed by atoms with Crippen LogP contribution in [0.15, 0.2) is 18.3 Å². The first-order chi connectivity index (χ1) is 7.09. The largest absolute Gasteiger partial charge is 0.481 e. The Hall–Kier alpha value is -1.53. The average molecular weight is 266 g/mol. The highest BCUT2D eigenvalue weighted by Crippen LogP contribution is 2.15. The quantitative estimate of drug-likeness (QED) is 0.560. The van der Waals surface area contributed by atoms with Crippen LogP contribution in [-0.4, -0.2) is 22.0 Å². The number of hydrogen-bond acceptors (Lipinski definition) is 4. The summed E-state index contributed by atoms with van der Waals surface area (Å²) >= 11 is 5.72. The van der Waals surface area contributed by atoms with Crippen LogP contribution in [0.2, 0.25) is 5.02 Å². The number of aliphatic carboxylic acids is 1. The Kier molecular flexibility index (Phi) is 6.21. The van der Waals surface area contributed by atoms with Crippen molar-refractivity contribution in [1.82, 2.24) is 10.4 Å². The summed E-state index contributed by atoms with van der Waals surface area (Å²) in [6.45, 7) is 0. The minimum absolute atomic E-state index is 0. The second-order valence-electron chi connectivity index (χ2n) is 2.58. The van der Waals surface area contributed by atoms with E-state index in [2.05, 4.69) is 15.8 Å². The molecule has 1 heterocycles. The highest BCUT2D eigenvalue weighted by Gasteiger charge is 2.07. The Morgan fingerprint density at radius 1 is 1.50 bits per heavy atom. The fraction of sp³-hybridized carbons (Fsp3) is 0.125. The van der Waals surface area contributed by atoms with E-state index in [4.69, 9.17) is 16.7 Å². The van der Waals surface area contributed by atoms with Crippen LogP contribution in [0.5, 0.6) is 0 Å². The van der Waals surface area contributed by atoms with Crippen molar-refractivity contribution in [1.29, 1.82) is 0 Å². The Morgan fingerprint density at radius 3 is 2.75 bits per heavy atom. The molecule has 0 atom stereocenters. The predicted molar refractivity (Wildman–Crippen MR) is 60.5 cm³/mol. The molecular weight excluding hydrogens is 257 g/mol. The lowest BCUT2D eigenvalue weighted by molar-refractivity contribution is -0.140. The van der Waals surface area contributed by atoms with Gasteiger partial charge in [-0.05, 0) is 12.1 Å². The molecule has 0 aliphatic rings. The smallest absolute Gasteiger partial charge is 0.312 e. The van der Waals surface area contributed by atoms with Crippen molar-refractivity contribution in [3.63, 3.8) is 0 Å². The van der Waals surface area contributed by atoms with Gasteiger partial charge in [0.1, 0.15) is 6.42 Å². The molecule has 0 saturated heterocycles. The van der Waals surface area contributed by atoms with Crippen LogP contribution < -0.4 is 10.9 Å². The molecule has 0 aliphatic heterocycles. The monoisotopic (exact) mass is 265 g/mol. The molecule has 6 nitrogen and oxygen atoms in total. The topological polar surface area (TPSA) is 91.3 Å². The summed E-state index contributed by atoms with van der Waals surface area (Å²) in [6.07, 6.45) is 0.870. The number of carboxylic acids is 1. The normalized spacial score (nSPS) is 8.81. The average Bonchev–Trinajstić information content (AvgIpc) is 2.15. The van der Waals surface area contributed by atoms with Crippen LogP contribution in [0.4, 0.5) is 5.82 Å². The minimum Gasteiger partial charge on any atom is -0.481 e. The maximum atomic E-state index is 10.9. The van der Waals surface area contributed by atoms with Gasteiger partial charge in [-0.1, -0.05) is 11.6 Å². The fourth-order valence-electron chi connectivity index (χ4n) is 0.788. The maximum absolute atomic E-state index is 10.9. The molecule has 0 saturated carbocycles. The van der Waals surface area contributed by atoms with E-state index in [0.29, 0.717) is 5.02 Å².